The maximum absolute atomic E-state index is 12.7. The molecular weight excluding hydrogens is 431 g/mol. The van der Waals surface area contributed by atoms with Gasteiger partial charge >= 0.3 is 0 Å². The summed E-state index contributed by atoms with van der Waals surface area (Å²) in [5, 5.41) is 3.89. The number of rotatable bonds is 7. The van der Waals surface area contributed by atoms with Gasteiger partial charge in [-0.25, -0.2) is 0 Å². The topological polar surface area (TPSA) is 62.6 Å². The summed E-state index contributed by atoms with van der Waals surface area (Å²) < 4.78 is 5.23. The minimum absolute atomic E-state index is 0.152. The first-order chi connectivity index (χ1) is 14.0. The Kier molecular flexibility index (Phi) is 7.25. The van der Waals surface area contributed by atoms with E-state index in [4.69, 9.17) is 27.6 Å². The van der Waals surface area contributed by atoms with Gasteiger partial charge in [-0.05, 0) is 42.5 Å². The largest absolute Gasteiger partial charge is 0.467 e. The zero-order chi connectivity index (χ0) is 20.8. The molecule has 0 radical (unpaired) electrons. The van der Waals surface area contributed by atoms with Crippen LogP contribution in [0, 0.1) is 0 Å². The number of hydrogen-bond acceptors (Lipinski definition) is 4. The van der Waals surface area contributed by atoms with Crippen molar-refractivity contribution in [1.82, 2.24) is 5.32 Å². The van der Waals surface area contributed by atoms with Crippen molar-refractivity contribution in [3.63, 3.8) is 0 Å². The molecule has 2 aromatic carbocycles. The predicted octanol–water partition coefficient (Wildman–Crippen LogP) is 5.27. The molecule has 150 valence electrons. The van der Waals surface area contributed by atoms with Crippen molar-refractivity contribution in [3.8, 4) is 0 Å². The Hall–Kier alpha value is -2.41. The second-order valence-corrected chi connectivity index (χ2v) is 7.96. The van der Waals surface area contributed by atoms with Gasteiger partial charge in [0.2, 0.25) is 5.91 Å². The molecule has 0 aliphatic rings. The fourth-order valence-corrected chi connectivity index (χ4v) is 4.00. The Morgan fingerprint density at radius 2 is 1.90 bits per heavy atom. The molecule has 0 saturated heterocycles. The standard InChI is InChI=1S/C21H18Cl2N2O3S/c1-25(20(26)13-29-19-11-14(22)8-9-17(19)23)18-7-3-2-6-16(18)21(27)24-12-15-5-4-10-28-15/h2-11H,12-13H2,1H3,(H,24,27). The highest BCUT2D eigenvalue weighted by molar-refractivity contribution is 8.00. The molecule has 3 aromatic rings. The van der Waals surface area contributed by atoms with E-state index in [-0.39, 0.29) is 24.1 Å². The van der Waals surface area contributed by atoms with E-state index in [2.05, 4.69) is 5.32 Å². The van der Waals surface area contributed by atoms with Crippen molar-refractivity contribution >= 4 is 52.5 Å². The summed E-state index contributed by atoms with van der Waals surface area (Å²) in [6.07, 6.45) is 1.55. The third kappa shape index (κ3) is 5.56. The minimum Gasteiger partial charge on any atom is -0.467 e. The Morgan fingerprint density at radius 1 is 1.10 bits per heavy atom. The van der Waals surface area contributed by atoms with E-state index in [1.165, 1.54) is 16.7 Å². The van der Waals surface area contributed by atoms with Crippen molar-refractivity contribution in [3.05, 3.63) is 82.2 Å². The molecule has 1 aromatic heterocycles. The number of nitrogens with zero attached hydrogens (tertiary/aromatic N) is 1. The first-order valence-corrected chi connectivity index (χ1v) is 10.4. The molecular formula is C21H18Cl2N2O3S. The molecule has 0 fully saturated rings. The normalized spacial score (nSPS) is 10.6. The van der Waals surface area contributed by atoms with E-state index in [1.807, 2.05) is 0 Å². The Labute approximate surface area is 183 Å². The van der Waals surface area contributed by atoms with Crippen LogP contribution in [-0.4, -0.2) is 24.6 Å². The van der Waals surface area contributed by atoms with Crippen LogP contribution in [-0.2, 0) is 11.3 Å². The van der Waals surface area contributed by atoms with E-state index in [0.29, 0.717) is 27.1 Å². The highest BCUT2D eigenvalue weighted by Crippen LogP contribution is 2.30. The van der Waals surface area contributed by atoms with Gasteiger partial charge in [0, 0.05) is 17.0 Å². The van der Waals surface area contributed by atoms with Crippen LogP contribution in [0.5, 0.6) is 0 Å². The summed E-state index contributed by atoms with van der Waals surface area (Å²) in [5.74, 6) is 0.341. The van der Waals surface area contributed by atoms with E-state index >= 15 is 0 Å². The molecule has 1 heterocycles. The predicted molar refractivity (Wildman–Crippen MR) is 117 cm³/mol. The highest BCUT2D eigenvalue weighted by Gasteiger charge is 2.19. The van der Waals surface area contributed by atoms with Crippen molar-refractivity contribution in [2.45, 2.75) is 11.4 Å². The number of furan rings is 1. The Morgan fingerprint density at radius 3 is 2.66 bits per heavy atom. The number of anilines is 1. The first-order valence-electron chi connectivity index (χ1n) is 8.69. The molecule has 0 saturated carbocycles. The van der Waals surface area contributed by atoms with Gasteiger partial charge in [-0.2, -0.15) is 0 Å². The molecule has 8 heteroatoms. The Balaban J connectivity index is 1.68. The van der Waals surface area contributed by atoms with E-state index in [0.717, 1.165) is 4.90 Å². The van der Waals surface area contributed by atoms with Crippen LogP contribution in [0.2, 0.25) is 10.0 Å². The summed E-state index contributed by atoms with van der Waals surface area (Å²) >= 11 is 13.4. The molecule has 0 unspecified atom stereocenters. The van der Waals surface area contributed by atoms with Crippen LogP contribution in [0.1, 0.15) is 16.1 Å². The van der Waals surface area contributed by atoms with Crippen LogP contribution in [0.3, 0.4) is 0 Å². The Bertz CT molecular complexity index is 1010. The number of carbonyl (C=O) groups is 2. The minimum atomic E-state index is -0.290. The number of carbonyl (C=O) groups excluding carboxylic acids is 2. The maximum Gasteiger partial charge on any atom is 0.253 e. The molecule has 0 bridgehead atoms. The van der Waals surface area contributed by atoms with Gasteiger partial charge in [0.05, 0.1) is 34.8 Å². The van der Waals surface area contributed by atoms with Crippen LogP contribution >= 0.6 is 35.0 Å². The van der Waals surface area contributed by atoms with Crippen molar-refractivity contribution in [2.75, 3.05) is 17.7 Å². The molecule has 0 atom stereocenters. The smallest absolute Gasteiger partial charge is 0.253 e. The second-order valence-electron chi connectivity index (χ2n) is 6.10. The quantitative estimate of drug-likeness (QED) is 0.499. The number of amides is 2. The lowest BCUT2D eigenvalue weighted by molar-refractivity contribution is -0.115. The molecule has 2 amide bonds. The van der Waals surface area contributed by atoms with Crippen molar-refractivity contribution in [2.24, 2.45) is 0 Å². The molecule has 0 spiro atoms. The molecule has 0 aliphatic heterocycles. The second kappa shape index (κ2) is 9.87. The van der Waals surface area contributed by atoms with Gasteiger partial charge < -0.3 is 14.6 Å². The van der Waals surface area contributed by atoms with Gasteiger partial charge in [0.25, 0.3) is 5.91 Å². The number of nitrogens with one attached hydrogen (secondary N) is 1. The van der Waals surface area contributed by atoms with E-state index in [1.54, 1.807) is 67.9 Å². The van der Waals surface area contributed by atoms with Gasteiger partial charge in [-0.3, -0.25) is 9.59 Å². The summed E-state index contributed by atoms with van der Waals surface area (Å²) in [6, 6.07) is 15.6. The van der Waals surface area contributed by atoms with E-state index < -0.39 is 0 Å². The fraction of sp³-hybridized carbons (Fsp3) is 0.143. The summed E-state index contributed by atoms with van der Waals surface area (Å²) in [6.45, 7) is 0.265. The lowest BCUT2D eigenvalue weighted by Gasteiger charge is -2.20. The molecule has 0 aliphatic carbocycles. The average molecular weight is 449 g/mol. The summed E-state index contributed by atoms with van der Waals surface area (Å²) in [7, 11) is 1.64. The summed E-state index contributed by atoms with van der Waals surface area (Å²) in [5.41, 5.74) is 0.924. The third-order valence-electron chi connectivity index (χ3n) is 4.13. The molecule has 1 N–H and O–H groups in total. The number of benzene rings is 2. The van der Waals surface area contributed by atoms with Crippen molar-refractivity contribution < 1.29 is 14.0 Å². The van der Waals surface area contributed by atoms with Gasteiger partial charge in [-0.1, -0.05) is 35.3 Å². The number of hydrogen-bond donors (Lipinski definition) is 1. The zero-order valence-electron chi connectivity index (χ0n) is 15.5. The summed E-state index contributed by atoms with van der Waals surface area (Å²) in [4.78, 5) is 27.5. The lowest BCUT2D eigenvalue weighted by Crippen LogP contribution is -2.31. The third-order valence-corrected chi connectivity index (χ3v) is 5.85. The van der Waals surface area contributed by atoms with E-state index in [9.17, 15) is 9.59 Å². The first kappa shape index (κ1) is 21.3. The van der Waals surface area contributed by atoms with Gasteiger partial charge in [-0.15, -0.1) is 11.8 Å². The van der Waals surface area contributed by atoms with Crippen LogP contribution in [0.4, 0.5) is 5.69 Å². The van der Waals surface area contributed by atoms with Crippen LogP contribution < -0.4 is 10.2 Å². The van der Waals surface area contributed by atoms with Crippen LogP contribution in [0.25, 0.3) is 0 Å². The average Bonchev–Trinajstić information content (AvgIpc) is 3.25. The molecule has 3 rings (SSSR count). The SMILES string of the molecule is CN(C(=O)CSc1cc(Cl)ccc1Cl)c1ccccc1C(=O)NCc1ccco1. The number of para-hydroxylation sites is 1. The molecule has 29 heavy (non-hydrogen) atoms. The lowest BCUT2D eigenvalue weighted by atomic mass is 10.1. The fourth-order valence-electron chi connectivity index (χ4n) is 2.59. The monoisotopic (exact) mass is 448 g/mol. The zero-order valence-corrected chi connectivity index (χ0v) is 17.9. The molecule has 5 nitrogen and oxygen atoms in total. The number of thioether (sulfide) groups is 1. The number of halogens is 2. The highest BCUT2D eigenvalue weighted by atomic mass is 35.5. The van der Waals surface area contributed by atoms with Gasteiger partial charge in [0.1, 0.15) is 5.76 Å². The van der Waals surface area contributed by atoms with Crippen molar-refractivity contribution in [1.29, 1.82) is 0 Å². The maximum atomic E-state index is 12.7. The van der Waals surface area contributed by atoms with Crippen LogP contribution in [0.15, 0.2) is 70.2 Å². The van der Waals surface area contributed by atoms with Gasteiger partial charge in [0.15, 0.2) is 0 Å².